The molecule has 4 fully saturated rings. The fourth-order valence-corrected chi connectivity index (χ4v) is 7.63. The number of aliphatic hydroxyl groups is 1. The van der Waals surface area contributed by atoms with E-state index in [1.807, 2.05) is 0 Å². The van der Waals surface area contributed by atoms with Crippen molar-refractivity contribution in [2.24, 2.45) is 40.4 Å². The molecule has 4 aliphatic carbocycles. The Morgan fingerprint density at radius 1 is 1.25 bits per heavy atom. The first kappa shape index (κ1) is 16.8. The van der Waals surface area contributed by atoms with Crippen molar-refractivity contribution < 1.29 is 14.6 Å². The van der Waals surface area contributed by atoms with E-state index in [1.54, 1.807) is 7.11 Å². The van der Waals surface area contributed by atoms with Crippen LogP contribution in [0.25, 0.3) is 0 Å². The van der Waals surface area contributed by atoms with Crippen LogP contribution in [0.4, 0.5) is 0 Å². The number of carbonyl (C=O) groups excluding carboxylic acids is 1. The van der Waals surface area contributed by atoms with Crippen molar-refractivity contribution in [3.63, 3.8) is 0 Å². The molecule has 0 amide bonds. The second-order valence-electron chi connectivity index (χ2n) is 10.0. The number of ketones is 1. The largest absolute Gasteiger partial charge is 0.388 e. The minimum Gasteiger partial charge on any atom is -0.388 e. The lowest BCUT2D eigenvalue weighted by Crippen LogP contribution is -2.60. The van der Waals surface area contributed by atoms with Crippen LogP contribution >= 0.6 is 0 Å². The molecule has 1 N–H and O–H groups in total. The lowest BCUT2D eigenvalue weighted by molar-refractivity contribution is -0.168. The molecule has 0 aromatic carbocycles. The molecule has 4 rings (SSSR count). The topological polar surface area (TPSA) is 46.5 Å². The summed E-state index contributed by atoms with van der Waals surface area (Å²) in [6, 6.07) is 0. The molecular formula is C21H32O3. The molecule has 3 heteroatoms. The summed E-state index contributed by atoms with van der Waals surface area (Å²) in [6.45, 7) is 13.1. The molecule has 0 aromatic heterocycles. The van der Waals surface area contributed by atoms with Gasteiger partial charge in [0.15, 0.2) is 0 Å². The molecule has 8 atom stereocenters. The van der Waals surface area contributed by atoms with Gasteiger partial charge < -0.3 is 9.84 Å². The van der Waals surface area contributed by atoms with Crippen LogP contribution in [0, 0.1) is 40.4 Å². The maximum atomic E-state index is 13.2. The first-order valence-corrected chi connectivity index (χ1v) is 9.55. The van der Waals surface area contributed by atoms with Gasteiger partial charge in [0, 0.05) is 19.4 Å². The predicted octanol–water partition coefficient (Wildman–Crippen LogP) is 3.61. The number of fused-ring (bicyclic) bond motifs is 5. The van der Waals surface area contributed by atoms with E-state index >= 15 is 0 Å². The fourth-order valence-electron chi connectivity index (χ4n) is 7.63. The van der Waals surface area contributed by atoms with Crippen LogP contribution < -0.4 is 0 Å². The van der Waals surface area contributed by atoms with Crippen LogP contribution in [0.2, 0.25) is 0 Å². The fraction of sp³-hybridized carbons (Fsp3) is 0.857. The van der Waals surface area contributed by atoms with Gasteiger partial charge in [-0.3, -0.25) is 4.79 Å². The van der Waals surface area contributed by atoms with Crippen LogP contribution in [0.5, 0.6) is 0 Å². The Hall–Kier alpha value is -0.670. The number of hydrogen-bond acceptors (Lipinski definition) is 3. The van der Waals surface area contributed by atoms with Gasteiger partial charge in [0.05, 0.1) is 17.1 Å². The number of hydrogen-bond donors (Lipinski definition) is 1. The van der Waals surface area contributed by atoms with Crippen molar-refractivity contribution in [2.75, 3.05) is 7.11 Å². The third-order valence-corrected chi connectivity index (χ3v) is 8.62. The van der Waals surface area contributed by atoms with E-state index in [-0.39, 0.29) is 35.1 Å². The maximum absolute atomic E-state index is 13.2. The van der Waals surface area contributed by atoms with E-state index in [0.717, 1.165) is 24.8 Å². The molecule has 0 unspecified atom stereocenters. The van der Waals surface area contributed by atoms with Gasteiger partial charge in [0.25, 0.3) is 0 Å². The van der Waals surface area contributed by atoms with Crippen LogP contribution in [0.15, 0.2) is 12.2 Å². The van der Waals surface area contributed by atoms with E-state index in [4.69, 9.17) is 4.74 Å². The molecule has 0 aliphatic heterocycles. The van der Waals surface area contributed by atoms with Gasteiger partial charge in [-0.05, 0) is 55.3 Å². The van der Waals surface area contributed by atoms with Gasteiger partial charge in [-0.2, -0.15) is 0 Å². The van der Waals surface area contributed by atoms with E-state index in [0.29, 0.717) is 18.3 Å². The summed E-state index contributed by atoms with van der Waals surface area (Å²) < 4.78 is 5.81. The number of carbonyl (C=O) groups is 1. The van der Waals surface area contributed by atoms with Crippen molar-refractivity contribution in [1.82, 2.24) is 0 Å². The highest BCUT2D eigenvalue weighted by Crippen LogP contribution is 2.73. The predicted molar refractivity (Wildman–Crippen MR) is 93.4 cm³/mol. The number of ether oxygens (including phenoxy) is 1. The normalized spacial score (nSPS) is 55.4. The summed E-state index contributed by atoms with van der Waals surface area (Å²) >= 11 is 0. The Morgan fingerprint density at radius 2 is 1.92 bits per heavy atom. The zero-order chi connectivity index (χ0) is 17.7. The quantitative estimate of drug-likeness (QED) is 0.746. The molecule has 0 spiro atoms. The van der Waals surface area contributed by atoms with Gasteiger partial charge in [-0.15, -0.1) is 0 Å². The molecule has 0 aromatic rings. The molecule has 0 bridgehead atoms. The third-order valence-electron chi connectivity index (χ3n) is 8.62. The summed E-state index contributed by atoms with van der Waals surface area (Å²) in [6.07, 6.45) is 3.58. The summed E-state index contributed by atoms with van der Waals surface area (Å²) in [4.78, 5) is 13.2. The molecule has 4 aliphatic rings. The first-order valence-electron chi connectivity index (χ1n) is 9.55. The summed E-state index contributed by atoms with van der Waals surface area (Å²) in [7, 11) is 1.78. The second-order valence-corrected chi connectivity index (χ2v) is 10.0. The lowest BCUT2D eigenvalue weighted by atomic mass is 9.55. The van der Waals surface area contributed by atoms with Crippen molar-refractivity contribution in [1.29, 1.82) is 0 Å². The SMILES string of the molecule is C=C1C[C@@H]2[C@@H](OC)[C@H](C)C[C@@H]2[C@]2(O)[C@@H]1C[C@H]1C(C)(C)CC(=O)[C@]12C. The molecule has 134 valence electrons. The van der Waals surface area contributed by atoms with Crippen molar-refractivity contribution in [3.8, 4) is 0 Å². The van der Waals surface area contributed by atoms with Gasteiger partial charge in [-0.1, -0.05) is 32.9 Å². The third kappa shape index (κ3) is 1.64. The molecule has 3 nitrogen and oxygen atoms in total. The number of methoxy groups -OCH3 is 1. The van der Waals surface area contributed by atoms with Crippen LogP contribution in [0.3, 0.4) is 0 Å². The first-order chi connectivity index (χ1) is 11.1. The van der Waals surface area contributed by atoms with Crippen LogP contribution in [-0.2, 0) is 9.53 Å². The highest BCUT2D eigenvalue weighted by Gasteiger charge is 2.76. The molecule has 0 saturated heterocycles. The molecule has 0 radical (unpaired) electrons. The maximum Gasteiger partial charge on any atom is 0.142 e. The summed E-state index contributed by atoms with van der Waals surface area (Å²) in [5.41, 5.74) is -0.450. The standard InChI is InChI=1S/C21H32O3/c1-11-7-13-15(8-12(2)18(13)24-6)21(23)14(11)9-16-19(3,4)10-17(22)20(16,21)5/h12-16,18,23H,1,7-10H2,2-6H3/t12-,13+,14-,15+,16+,18+,20+,21-/m1/s1. The Bertz CT molecular complexity index is 608. The van der Waals surface area contributed by atoms with Crippen LogP contribution in [0.1, 0.15) is 53.4 Å². The average molecular weight is 332 g/mol. The second kappa shape index (κ2) is 4.73. The zero-order valence-electron chi connectivity index (χ0n) is 15.8. The zero-order valence-corrected chi connectivity index (χ0v) is 15.8. The lowest BCUT2D eigenvalue weighted by Gasteiger charge is -2.52. The highest BCUT2D eigenvalue weighted by molar-refractivity contribution is 5.90. The Balaban J connectivity index is 1.86. The molecule has 0 heterocycles. The Kier molecular flexibility index (Phi) is 3.31. The monoisotopic (exact) mass is 332 g/mol. The van der Waals surface area contributed by atoms with Gasteiger partial charge in [-0.25, -0.2) is 0 Å². The Labute approximate surface area is 145 Å². The Morgan fingerprint density at radius 3 is 2.54 bits per heavy atom. The smallest absolute Gasteiger partial charge is 0.142 e. The minimum absolute atomic E-state index is 0.0282. The molecule has 24 heavy (non-hydrogen) atoms. The number of rotatable bonds is 1. The highest BCUT2D eigenvalue weighted by atomic mass is 16.5. The van der Waals surface area contributed by atoms with Gasteiger partial charge in [0.1, 0.15) is 5.78 Å². The summed E-state index contributed by atoms with van der Waals surface area (Å²) in [5.74, 6) is 1.46. The van der Waals surface area contributed by atoms with Crippen LogP contribution in [-0.4, -0.2) is 29.7 Å². The van der Waals surface area contributed by atoms with E-state index in [9.17, 15) is 9.90 Å². The minimum atomic E-state index is -0.940. The van der Waals surface area contributed by atoms with Crippen molar-refractivity contribution >= 4 is 5.78 Å². The summed E-state index contributed by atoms with van der Waals surface area (Å²) in [5, 5.41) is 12.2. The number of Topliss-reactive ketones (excluding diaryl/α,β-unsaturated/α-hetero) is 1. The van der Waals surface area contributed by atoms with E-state index in [2.05, 4.69) is 34.3 Å². The van der Waals surface area contributed by atoms with Gasteiger partial charge >= 0.3 is 0 Å². The molecular weight excluding hydrogens is 300 g/mol. The van der Waals surface area contributed by atoms with E-state index in [1.165, 1.54) is 0 Å². The molecule has 4 saturated carbocycles. The van der Waals surface area contributed by atoms with Gasteiger partial charge in [0.2, 0.25) is 0 Å². The van der Waals surface area contributed by atoms with Crippen molar-refractivity contribution in [2.45, 2.75) is 65.1 Å². The van der Waals surface area contributed by atoms with Crippen molar-refractivity contribution in [3.05, 3.63) is 12.2 Å². The average Bonchev–Trinajstić information content (AvgIpc) is 2.99. The van der Waals surface area contributed by atoms with E-state index < -0.39 is 11.0 Å².